The zero-order chi connectivity index (χ0) is 22.9. The largest absolute Gasteiger partial charge is 0.309 e. The molecule has 0 bridgehead atoms. The van der Waals surface area contributed by atoms with Crippen LogP contribution in [0, 0.1) is 0 Å². The lowest BCUT2D eigenvalue weighted by Crippen LogP contribution is -2.22. The number of nitrogens with zero attached hydrogens (tertiary/aromatic N) is 3. The molecule has 0 aliphatic heterocycles. The Bertz CT molecular complexity index is 1600. The summed E-state index contributed by atoms with van der Waals surface area (Å²) >= 11 is 2.84. The Labute approximate surface area is 197 Å². The predicted molar refractivity (Wildman–Crippen MR) is 136 cm³/mol. The summed E-state index contributed by atoms with van der Waals surface area (Å²) in [5, 5.41) is 0.886. The number of thioether (sulfide) groups is 1. The molecule has 5 rings (SSSR count). The summed E-state index contributed by atoms with van der Waals surface area (Å²) in [6, 6.07) is 19.2. The van der Waals surface area contributed by atoms with Crippen LogP contribution in [-0.2, 0) is 6.54 Å². The second kappa shape index (κ2) is 8.80. The first-order valence-corrected chi connectivity index (χ1v) is 12.1. The highest BCUT2D eigenvalue weighted by molar-refractivity contribution is 7.99. The molecule has 8 heteroatoms. The number of thiophene rings is 1. The number of benzene rings is 2. The molecular weight excluding hydrogens is 452 g/mol. The number of nitrogens with one attached hydrogen (secondary N) is 1. The van der Waals surface area contributed by atoms with Crippen molar-refractivity contribution in [3.63, 3.8) is 0 Å². The van der Waals surface area contributed by atoms with Crippen molar-refractivity contribution in [1.82, 2.24) is 19.5 Å². The zero-order valence-corrected chi connectivity index (χ0v) is 19.5. The van der Waals surface area contributed by atoms with Crippen LogP contribution in [0.25, 0.3) is 31.6 Å². The summed E-state index contributed by atoms with van der Waals surface area (Å²) in [6.07, 6.45) is 1.69. The summed E-state index contributed by atoms with van der Waals surface area (Å²) in [5.41, 5.74) is 2.08. The third-order valence-corrected chi connectivity index (χ3v) is 7.53. The minimum atomic E-state index is -0.227. The molecule has 0 spiro atoms. The number of rotatable bonds is 6. The molecule has 0 amide bonds. The van der Waals surface area contributed by atoms with Crippen molar-refractivity contribution >= 4 is 44.2 Å². The highest BCUT2D eigenvalue weighted by Crippen LogP contribution is 2.35. The van der Waals surface area contributed by atoms with Crippen LogP contribution in [-0.4, -0.2) is 19.5 Å². The molecule has 6 nitrogen and oxygen atoms in total. The molecule has 0 aliphatic rings. The van der Waals surface area contributed by atoms with Crippen LogP contribution in [0.4, 0.5) is 0 Å². The lowest BCUT2D eigenvalue weighted by molar-refractivity contribution is 0.670. The van der Waals surface area contributed by atoms with E-state index in [0.717, 1.165) is 10.4 Å². The predicted octanol–water partition coefficient (Wildman–Crippen LogP) is 5.40. The smallest absolute Gasteiger partial charge is 0.272 e. The van der Waals surface area contributed by atoms with Gasteiger partial charge in [-0.1, -0.05) is 60.3 Å². The van der Waals surface area contributed by atoms with Gasteiger partial charge in [-0.3, -0.25) is 14.2 Å². The molecule has 1 unspecified atom stereocenters. The minimum absolute atomic E-state index is 0.0956. The van der Waals surface area contributed by atoms with Crippen LogP contribution in [0.3, 0.4) is 0 Å². The van der Waals surface area contributed by atoms with Crippen LogP contribution >= 0.6 is 23.1 Å². The maximum absolute atomic E-state index is 13.3. The molecule has 3 aromatic heterocycles. The maximum atomic E-state index is 13.3. The Morgan fingerprint density at radius 1 is 1.09 bits per heavy atom. The first kappa shape index (κ1) is 21.4. The van der Waals surface area contributed by atoms with E-state index in [-0.39, 0.29) is 16.4 Å². The van der Waals surface area contributed by atoms with E-state index in [1.807, 2.05) is 61.5 Å². The SMILES string of the molecule is C=CCn1c(SC(C)c2nc3ccccc3c(=O)[nH]2)nc2cc(-c3ccccc3)sc2c1=O. The van der Waals surface area contributed by atoms with E-state index in [1.54, 1.807) is 16.7 Å². The zero-order valence-electron chi connectivity index (χ0n) is 17.8. The Hall–Kier alpha value is -3.49. The van der Waals surface area contributed by atoms with E-state index in [4.69, 9.17) is 4.98 Å². The lowest BCUT2D eigenvalue weighted by atomic mass is 10.2. The first-order valence-electron chi connectivity index (χ1n) is 10.4. The molecule has 0 fully saturated rings. The fraction of sp³-hybridized carbons (Fsp3) is 0.120. The Morgan fingerprint density at radius 2 is 1.85 bits per heavy atom. The van der Waals surface area contributed by atoms with Crippen LogP contribution in [0.1, 0.15) is 18.0 Å². The van der Waals surface area contributed by atoms with Gasteiger partial charge in [0.15, 0.2) is 5.16 Å². The molecule has 3 heterocycles. The van der Waals surface area contributed by atoms with Gasteiger partial charge in [-0.2, -0.15) is 0 Å². The molecule has 0 aliphatic carbocycles. The number of fused-ring (bicyclic) bond motifs is 2. The van der Waals surface area contributed by atoms with Gasteiger partial charge >= 0.3 is 0 Å². The van der Waals surface area contributed by atoms with Crippen LogP contribution in [0.15, 0.2) is 88.1 Å². The van der Waals surface area contributed by atoms with E-state index < -0.39 is 0 Å². The number of hydrogen-bond acceptors (Lipinski definition) is 6. The van der Waals surface area contributed by atoms with Crippen molar-refractivity contribution < 1.29 is 0 Å². The van der Waals surface area contributed by atoms with Crippen molar-refractivity contribution in [2.24, 2.45) is 0 Å². The average Bonchev–Trinajstić information content (AvgIpc) is 3.26. The van der Waals surface area contributed by atoms with Crippen LogP contribution in [0.5, 0.6) is 0 Å². The Balaban J connectivity index is 1.58. The number of H-pyrrole nitrogens is 1. The highest BCUT2D eigenvalue weighted by Gasteiger charge is 2.19. The lowest BCUT2D eigenvalue weighted by Gasteiger charge is -2.14. The third-order valence-electron chi connectivity index (χ3n) is 5.27. The van der Waals surface area contributed by atoms with Crippen molar-refractivity contribution in [1.29, 1.82) is 0 Å². The molecule has 0 radical (unpaired) electrons. The molecule has 0 saturated carbocycles. The van der Waals surface area contributed by atoms with Gasteiger partial charge in [0.25, 0.3) is 11.1 Å². The number of para-hydroxylation sites is 1. The number of hydrogen-bond donors (Lipinski definition) is 1. The molecule has 164 valence electrons. The third kappa shape index (κ3) is 4.03. The van der Waals surface area contributed by atoms with E-state index >= 15 is 0 Å². The van der Waals surface area contributed by atoms with E-state index in [9.17, 15) is 9.59 Å². The molecule has 5 aromatic rings. The summed E-state index contributed by atoms with van der Waals surface area (Å²) < 4.78 is 2.24. The van der Waals surface area contributed by atoms with Gasteiger partial charge in [0, 0.05) is 11.4 Å². The topological polar surface area (TPSA) is 80.6 Å². The minimum Gasteiger partial charge on any atom is -0.309 e. The summed E-state index contributed by atoms with van der Waals surface area (Å²) in [6.45, 7) is 6.09. The molecule has 0 saturated heterocycles. The van der Waals surface area contributed by atoms with Gasteiger partial charge in [0.05, 0.1) is 21.7 Å². The monoisotopic (exact) mass is 472 g/mol. The van der Waals surface area contributed by atoms with E-state index in [1.165, 1.54) is 23.1 Å². The fourth-order valence-electron chi connectivity index (χ4n) is 3.63. The van der Waals surface area contributed by atoms with E-state index in [2.05, 4.69) is 16.5 Å². The van der Waals surface area contributed by atoms with Crippen LogP contribution in [0.2, 0.25) is 0 Å². The summed E-state index contributed by atoms with van der Waals surface area (Å²) in [7, 11) is 0. The summed E-state index contributed by atoms with van der Waals surface area (Å²) in [5.74, 6) is 0.540. The van der Waals surface area contributed by atoms with Gasteiger partial charge in [-0.05, 0) is 30.7 Å². The first-order chi connectivity index (χ1) is 16.0. The van der Waals surface area contributed by atoms with Gasteiger partial charge in [-0.15, -0.1) is 17.9 Å². The molecule has 33 heavy (non-hydrogen) atoms. The molecule has 2 aromatic carbocycles. The van der Waals surface area contributed by atoms with Gasteiger partial charge < -0.3 is 4.98 Å². The Morgan fingerprint density at radius 3 is 2.64 bits per heavy atom. The maximum Gasteiger partial charge on any atom is 0.272 e. The van der Waals surface area contributed by atoms with Crippen LogP contribution < -0.4 is 11.1 Å². The van der Waals surface area contributed by atoms with Crippen molar-refractivity contribution in [2.45, 2.75) is 23.9 Å². The van der Waals surface area contributed by atoms with Crippen molar-refractivity contribution in [2.75, 3.05) is 0 Å². The molecular formula is C25H20N4O2S2. The van der Waals surface area contributed by atoms with Gasteiger partial charge in [-0.25, -0.2) is 9.97 Å². The highest BCUT2D eigenvalue weighted by atomic mass is 32.2. The fourth-order valence-corrected chi connectivity index (χ4v) is 5.65. The number of allylic oxidation sites excluding steroid dienone is 1. The number of aromatic amines is 1. The van der Waals surface area contributed by atoms with Gasteiger partial charge in [0.2, 0.25) is 0 Å². The molecule has 1 atom stereocenters. The van der Waals surface area contributed by atoms with Crippen molar-refractivity contribution in [3.8, 4) is 10.4 Å². The Kier molecular flexibility index (Phi) is 5.70. The molecule has 1 N–H and O–H groups in total. The summed E-state index contributed by atoms with van der Waals surface area (Å²) in [4.78, 5) is 39.2. The number of aromatic nitrogens is 4. The second-order valence-electron chi connectivity index (χ2n) is 7.52. The standard InChI is InChI=1S/C25H20N4O2S2/c1-3-13-29-24(31)21-19(14-20(33-21)16-9-5-4-6-10-16)27-25(29)32-15(2)22-26-18-12-8-7-11-17(18)23(30)28-22/h3-12,14-15H,1,13H2,2H3,(H,26,28,30). The quantitative estimate of drug-likeness (QED) is 0.203. The average molecular weight is 473 g/mol. The normalized spacial score (nSPS) is 12.3. The van der Waals surface area contributed by atoms with Gasteiger partial charge in [0.1, 0.15) is 10.5 Å². The van der Waals surface area contributed by atoms with E-state index in [0.29, 0.717) is 38.6 Å². The van der Waals surface area contributed by atoms with Crippen molar-refractivity contribution in [3.05, 3.63) is 99.9 Å². The second-order valence-corrected chi connectivity index (χ2v) is 9.88.